The van der Waals surface area contributed by atoms with Gasteiger partial charge >= 0.3 is 0 Å². The van der Waals surface area contributed by atoms with Crippen LogP contribution in [0.5, 0.6) is 17.2 Å². The van der Waals surface area contributed by atoms with Crippen LogP contribution >= 0.6 is 0 Å². The number of hydrogen-bond acceptors (Lipinski definition) is 7. The molecule has 1 atom stereocenters. The highest BCUT2D eigenvalue weighted by molar-refractivity contribution is 6.03. The van der Waals surface area contributed by atoms with E-state index in [1.807, 2.05) is 30.3 Å². The second-order valence-electron chi connectivity index (χ2n) is 7.28. The van der Waals surface area contributed by atoms with E-state index >= 15 is 0 Å². The zero-order chi connectivity index (χ0) is 22.9. The summed E-state index contributed by atoms with van der Waals surface area (Å²) in [6, 6.07) is 12.8. The van der Waals surface area contributed by atoms with Crippen LogP contribution in [-0.2, 0) is 4.79 Å². The molecule has 0 spiro atoms. The van der Waals surface area contributed by atoms with Gasteiger partial charge in [0.05, 0.1) is 5.69 Å². The highest BCUT2D eigenvalue weighted by Crippen LogP contribution is 2.41. The SMILES string of the molecule is CCC/C=C/COc1ccc(C=CC(=O)Nc2cccc3c2OC(c2nn[nH]n2)CO3)cc1. The molecule has 2 heterocycles. The number of hydrogen-bond donors (Lipinski definition) is 2. The van der Waals surface area contributed by atoms with Crippen LogP contribution in [0.15, 0.2) is 60.7 Å². The molecule has 0 fully saturated rings. The van der Waals surface area contributed by atoms with Gasteiger partial charge in [0.1, 0.15) is 19.0 Å². The fraction of sp³-hybridized carbons (Fsp3) is 0.250. The maximum atomic E-state index is 12.5. The number of carbonyl (C=O) groups is 1. The van der Waals surface area contributed by atoms with Crippen LogP contribution in [0.3, 0.4) is 0 Å². The number of nitrogens with zero attached hydrogens (tertiary/aromatic N) is 3. The number of unbranched alkanes of at least 4 members (excludes halogenated alkanes) is 1. The smallest absolute Gasteiger partial charge is 0.248 e. The van der Waals surface area contributed by atoms with Crippen molar-refractivity contribution < 1.29 is 19.0 Å². The van der Waals surface area contributed by atoms with Crippen LogP contribution in [-0.4, -0.2) is 39.7 Å². The van der Waals surface area contributed by atoms with Crippen molar-refractivity contribution >= 4 is 17.7 Å². The zero-order valence-corrected chi connectivity index (χ0v) is 18.2. The number of benzene rings is 2. The lowest BCUT2D eigenvalue weighted by Crippen LogP contribution is -2.24. The van der Waals surface area contributed by atoms with Gasteiger partial charge in [-0.3, -0.25) is 4.79 Å². The number of amides is 1. The minimum Gasteiger partial charge on any atom is -0.490 e. The van der Waals surface area contributed by atoms with Crippen molar-refractivity contribution in [3.8, 4) is 17.2 Å². The van der Waals surface area contributed by atoms with Crippen molar-refractivity contribution in [2.45, 2.75) is 25.9 Å². The number of para-hydroxylation sites is 1. The van der Waals surface area contributed by atoms with Gasteiger partial charge in [0.15, 0.2) is 17.6 Å². The van der Waals surface area contributed by atoms with Crippen molar-refractivity contribution in [1.82, 2.24) is 20.6 Å². The number of aromatic amines is 1. The molecule has 9 heteroatoms. The summed E-state index contributed by atoms with van der Waals surface area (Å²) < 4.78 is 17.4. The van der Waals surface area contributed by atoms with E-state index in [-0.39, 0.29) is 12.5 Å². The molecular weight excluding hydrogens is 422 g/mol. The van der Waals surface area contributed by atoms with Crippen LogP contribution in [0.25, 0.3) is 6.08 Å². The third-order valence-electron chi connectivity index (χ3n) is 4.81. The molecule has 1 aliphatic heterocycles. The first-order chi connectivity index (χ1) is 16.2. The number of fused-ring (bicyclic) bond motifs is 1. The Bertz CT molecular complexity index is 1110. The zero-order valence-electron chi connectivity index (χ0n) is 18.2. The first-order valence-electron chi connectivity index (χ1n) is 10.8. The summed E-state index contributed by atoms with van der Waals surface area (Å²) in [5.41, 5.74) is 1.38. The Hall–Kier alpha value is -4.14. The van der Waals surface area contributed by atoms with E-state index < -0.39 is 6.10 Å². The first-order valence-corrected chi connectivity index (χ1v) is 10.8. The Morgan fingerprint density at radius 1 is 1.24 bits per heavy atom. The van der Waals surface area contributed by atoms with Crippen molar-refractivity contribution in [3.05, 3.63) is 72.1 Å². The third kappa shape index (κ3) is 5.97. The summed E-state index contributed by atoms with van der Waals surface area (Å²) in [7, 11) is 0. The minimum absolute atomic E-state index is 0.249. The summed E-state index contributed by atoms with van der Waals surface area (Å²) in [6.45, 7) is 2.93. The molecule has 2 N–H and O–H groups in total. The van der Waals surface area contributed by atoms with Crippen molar-refractivity contribution in [2.75, 3.05) is 18.5 Å². The molecule has 0 radical (unpaired) electrons. The van der Waals surface area contributed by atoms with Gasteiger partial charge in [0, 0.05) is 6.08 Å². The Morgan fingerprint density at radius 2 is 2.12 bits per heavy atom. The Morgan fingerprint density at radius 3 is 2.91 bits per heavy atom. The third-order valence-corrected chi connectivity index (χ3v) is 4.81. The maximum Gasteiger partial charge on any atom is 0.248 e. The summed E-state index contributed by atoms with van der Waals surface area (Å²) in [5, 5.41) is 16.7. The lowest BCUT2D eigenvalue weighted by Gasteiger charge is -2.26. The molecule has 1 amide bonds. The van der Waals surface area contributed by atoms with Crippen LogP contribution in [0.4, 0.5) is 5.69 Å². The average molecular weight is 447 g/mol. The maximum absolute atomic E-state index is 12.5. The first kappa shape index (κ1) is 22.1. The van der Waals surface area contributed by atoms with Gasteiger partial charge in [-0.05, 0) is 42.3 Å². The van der Waals surface area contributed by atoms with Gasteiger partial charge in [-0.15, -0.1) is 10.2 Å². The van der Waals surface area contributed by atoms with Crippen LogP contribution in [0, 0.1) is 0 Å². The molecule has 4 rings (SSSR count). The van der Waals surface area contributed by atoms with E-state index in [4.69, 9.17) is 14.2 Å². The Labute approximate surface area is 191 Å². The topological polar surface area (TPSA) is 111 Å². The molecule has 3 aromatic rings. The largest absolute Gasteiger partial charge is 0.490 e. The van der Waals surface area contributed by atoms with Gasteiger partial charge in [0.25, 0.3) is 0 Å². The van der Waals surface area contributed by atoms with E-state index in [9.17, 15) is 4.79 Å². The summed E-state index contributed by atoms with van der Waals surface area (Å²) in [6.07, 6.45) is 8.98. The predicted molar refractivity (Wildman–Crippen MR) is 123 cm³/mol. The highest BCUT2D eigenvalue weighted by atomic mass is 16.6. The van der Waals surface area contributed by atoms with Gasteiger partial charge in [-0.2, -0.15) is 5.21 Å². The molecule has 1 unspecified atom stereocenters. The molecule has 0 saturated heterocycles. The molecule has 0 saturated carbocycles. The fourth-order valence-electron chi connectivity index (χ4n) is 3.14. The lowest BCUT2D eigenvalue weighted by atomic mass is 10.2. The minimum atomic E-state index is -0.521. The van der Waals surface area contributed by atoms with Crippen molar-refractivity contribution in [1.29, 1.82) is 0 Å². The normalized spacial score (nSPS) is 15.1. The number of carbonyl (C=O) groups excluding carboxylic acids is 1. The number of rotatable bonds is 9. The monoisotopic (exact) mass is 447 g/mol. The van der Waals surface area contributed by atoms with Crippen molar-refractivity contribution in [3.63, 3.8) is 0 Å². The fourth-order valence-corrected chi connectivity index (χ4v) is 3.14. The molecule has 2 aromatic carbocycles. The average Bonchev–Trinajstić information content (AvgIpc) is 3.38. The van der Waals surface area contributed by atoms with Gasteiger partial charge in [-0.25, -0.2) is 0 Å². The van der Waals surface area contributed by atoms with E-state index in [1.54, 1.807) is 24.3 Å². The molecular formula is C24H25N5O4. The van der Waals surface area contributed by atoms with Crippen LogP contribution in [0.1, 0.15) is 37.3 Å². The highest BCUT2D eigenvalue weighted by Gasteiger charge is 2.28. The van der Waals surface area contributed by atoms with E-state index in [1.165, 1.54) is 6.08 Å². The molecule has 170 valence electrons. The Kier molecular flexibility index (Phi) is 7.32. The number of H-pyrrole nitrogens is 1. The molecule has 1 aromatic heterocycles. The predicted octanol–water partition coefficient (Wildman–Crippen LogP) is 4.10. The van der Waals surface area contributed by atoms with E-state index in [2.05, 4.69) is 38.9 Å². The van der Waals surface area contributed by atoms with Crippen molar-refractivity contribution in [2.24, 2.45) is 0 Å². The van der Waals surface area contributed by atoms with E-state index in [0.29, 0.717) is 29.6 Å². The molecule has 9 nitrogen and oxygen atoms in total. The van der Waals surface area contributed by atoms with Gasteiger partial charge < -0.3 is 19.5 Å². The van der Waals surface area contributed by atoms with Crippen LogP contribution < -0.4 is 19.5 Å². The molecule has 33 heavy (non-hydrogen) atoms. The summed E-state index contributed by atoms with van der Waals surface area (Å²) >= 11 is 0. The van der Waals surface area contributed by atoms with Crippen LogP contribution in [0.2, 0.25) is 0 Å². The standard InChI is InChI=1S/C24H25N5O4/c1-2-3-4-5-15-31-18-12-9-17(10-13-18)11-14-22(30)25-19-7-6-8-20-23(19)33-21(16-32-20)24-26-28-29-27-24/h4-14,21H,2-3,15-16H2,1H3,(H,25,30)(H,26,27,28,29)/b5-4+,14-11?. The summed E-state index contributed by atoms with van der Waals surface area (Å²) in [5.74, 6) is 1.83. The van der Waals surface area contributed by atoms with Gasteiger partial charge in [-0.1, -0.05) is 48.9 Å². The number of anilines is 1. The van der Waals surface area contributed by atoms with E-state index in [0.717, 1.165) is 24.2 Å². The lowest BCUT2D eigenvalue weighted by molar-refractivity contribution is -0.111. The molecule has 1 aliphatic rings. The molecule has 0 bridgehead atoms. The quantitative estimate of drug-likeness (QED) is 0.375. The number of allylic oxidation sites excluding steroid dienone is 1. The second kappa shape index (κ2) is 10.9. The number of aromatic nitrogens is 4. The molecule has 0 aliphatic carbocycles. The number of tetrazole rings is 1. The Balaban J connectivity index is 1.35. The summed E-state index contributed by atoms with van der Waals surface area (Å²) in [4.78, 5) is 12.5. The van der Waals surface area contributed by atoms with Gasteiger partial charge in [0.2, 0.25) is 11.7 Å². The second-order valence-corrected chi connectivity index (χ2v) is 7.28. The number of nitrogens with one attached hydrogen (secondary N) is 2. The number of ether oxygens (including phenoxy) is 3.